The summed E-state index contributed by atoms with van der Waals surface area (Å²) in [5.41, 5.74) is 4.56. The van der Waals surface area contributed by atoms with E-state index in [0.29, 0.717) is 10.9 Å². The van der Waals surface area contributed by atoms with E-state index in [1.54, 1.807) is 12.1 Å². The third-order valence-corrected chi connectivity index (χ3v) is 3.35. The highest BCUT2D eigenvalue weighted by Crippen LogP contribution is 2.30. The molecular formula is C13H12FN3O. The van der Waals surface area contributed by atoms with Crippen LogP contribution in [-0.4, -0.2) is 10.9 Å². The summed E-state index contributed by atoms with van der Waals surface area (Å²) in [6, 6.07) is 4.63. The molecule has 18 heavy (non-hydrogen) atoms. The van der Waals surface area contributed by atoms with Gasteiger partial charge < -0.3 is 0 Å². The Bertz CT molecular complexity index is 654. The number of hydrogen-bond acceptors (Lipinski definition) is 3. The number of halogens is 1. The van der Waals surface area contributed by atoms with Crippen LogP contribution in [0.15, 0.2) is 18.2 Å². The van der Waals surface area contributed by atoms with Gasteiger partial charge in [-0.05, 0) is 30.9 Å². The van der Waals surface area contributed by atoms with Crippen molar-refractivity contribution in [1.82, 2.24) is 10.4 Å². The summed E-state index contributed by atoms with van der Waals surface area (Å²) in [6.45, 7) is 0. The standard InChI is InChI=1S/C13H12FN3O/c14-9-5-1-4-8-11(13(18)17-15)7-3-2-6-10(7)16-12(8)9/h1,4-5H,2-3,6,15H2,(H,17,18). The first-order valence-electron chi connectivity index (χ1n) is 5.83. The van der Waals surface area contributed by atoms with Gasteiger partial charge >= 0.3 is 0 Å². The van der Waals surface area contributed by atoms with Crippen LogP contribution in [-0.2, 0) is 12.8 Å². The minimum absolute atomic E-state index is 0.247. The summed E-state index contributed by atoms with van der Waals surface area (Å²) >= 11 is 0. The van der Waals surface area contributed by atoms with Gasteiger partial charge in [0.1, 0.15) is 11.3 Å². The summed E-state index contributed by atoms with van der Waals surface area (Å²) in [4.78, 5) is 16.2. The van der Waals surface area contributed by atoms with Gasteiger partial charge in [0.05, 0.1) is 5.56 Å². The number of carbonyl (C=O) groups is 1. The number of carbonyl (C=O) groups excluding carboxylic acids is 1. The minimum atomic E-state index is -0.409. The van der Waals surface area contributed by atoms with Gasteiger partial charge in [-0.3, -0.25) is 10.2 Å². The van der Waals surface area contributed by atoms with Gasteiger partial charge in [0.15, 0.2) is 0 Å². The highest BCUT2D eigenvalue weighted by Gasteiger charge is 2.24. The fraction of sp³-hybridized carbons (Fsp3) is 0.231. The number of hydrazine groups is 1. The summed E-state index contributed by atoms with van der Waals surface area (Å²) in [7, 11) is 0. The van der Waals surface area contributed by atoms with Crippen LogP contribution in [0, 0.1) is 5.82 Å². The molecule has 0 aliphatic heterocycles. The first-order valence-corrected chi connectivity index (χ1v) is 5.83. The van der Waals surface area contributed by atoms with Crippen LogP contribution in [0.4, 0.5) is 4.39 Å². The van der Waals surface area contributed by atoms with E-state index in [0.717, 1.165) is 30.5 Å². The average molecular weight is 245 g/mol. The van der Waals surface area contributed by atoms with Gasteiger partial charge in [0.25, 0.3) is 5.91 Å². The number of nitrogens with zero attached hydrogens (tertiary/aromatic N) is 1. The van der Waals surface area contributed by atoms with Crippen LogP contribution in [0.5, 0.6) is 0 Å². The van der Waals surface area contributed by atoms with Crippen LogP contribution in [0.25, 0.3) is 10.9 Å². The van der Waals surface area contributed by atoms with E-state index in [4.69, 9.17) is 5.84 Å². The van der Waals surface area contributed by atoms with Gasteiger partial charge in [0.2, 0.25) is 0 Å². The Morgan fingerprint density at radius 1 is 1.39 bits per heavy atom. The largest absolute Gasteiger partial charge is 0.290 e. The number of aryl methyl sites for hydroxylation is 1. The molecule has 0 spiro atoms. The molecule has 4 nitrogen and oxygen atoms in total. The van der Waals surface area contributed by atoms with Crippen molar-refractivity contribution < 1.29 is 9.18 Å². The molecule has 1 amide bonds. The highest BCUT2D eigenvalue weighted by molar-refractivity contribution is 6.07. The number of fused-ring (bicyclic) bond motifs is 2. The Morgan fingerprint density at radius 3 is 3.00 bits per heavy atom. The Kier molecular flexibility index (Phi) is 2.48. The zero-order chi connectivity index (χ0) is 12.7. The molecule has 0 atom stereocenters. The predicted molar refractivity (Wildman–Crippen MR) is 65.4 cm³/mol. The molecule has 3 N–H and O–H groups in total. The molecule has 0 saturated carbocycles. The average Bonchev–Trinajstić information content (AvgIpc) is 2.84. The van der Waals surface area contributed by atoms with Gasteiger partial charge in [-0.15, -0.1) is 0 Å². The Morgan fingerprint density at radius 2 is 2.22 bits per heavy atom. The first kappa shape index (κ1) is 11.1. The monoisotopic (exact) mass is 245 g/mol. The molecule has 2 aromatic rings. The molecule has 0 unspecified atom stereocenters. The molecular weight excluding hydrogens is 233 g/mol. The van der Waals surface area contributed by atoms with E-state index < -0.39 is 5.82 Å². The molecule has 92 valence electrons. The fourth-order valence-electron chi connectivity index (χ4n) is 2.58. The van der Waals surface area contributed by atoms with Crippen molar-refractivity contribution in [2.24, 2.45) is 5.84 Å². The molecule has 0 bridgehead atoms. The van der Waals surface area contributed by atoms with E-state index in [1.165, 1.54) is 6.07 Å². The van der Waals surface area contributed by atoms with Crippen molar-refractivity contribution in [3.63, 3.8) is 0 Å². The second-order valence-electron chi connectivity index (χ2n) is 4.38. The van der Waals surface area contributed by atoms with Gasteiger partial charge in [-0.25, -0.2) is 15.2 Å². The summed E-state index contributed by atoms with van der Waals surface area (Å²) in [6.07, 6.45) is 2.51. The van der Waals surface area contributed by atoms with E-state index in [2.05, 4.69) is 10.4 Å². The third-order valence-electron chi connectivity index (χ3n) is 3.35. The summed E-state index contributed by atoms with van der Waals surface area (Å²) in [5, 5.41) is 0.526. The Hall–Kier alpha value is -2.01. The van der Waals surface area contributed by atoms with E-state index in [1.807, 2.05) is 0 Å². The molecule has 0 fully saturated rings. The quantitative estimate of drug-likeness (QED) is 0.454. The lowest BCUT2D eigenvalue weighted by molar-refractivity contribution is 0.0954. The lowest BCUT2D eigenvalue weighted by atomic mass is 10.0. The maximum Gasteiger partial charge on any atom is 0.266 e. The van der Waals surface area contributed by atoms with Crippen LogP contribution in [0.1, 0.15) is 28.0 Å². The minimum Gasteiger partial charge on any atom is -0.290 e. The Labute approximate surface area is 103 Å². The van der Waals surface area contributed by atoms with E-state index in [-0.39, 0.29) is 11.4 Å². The number of hydrogen-bond donors (Lipinski definition) is 2. The normalized spacial score (nSPS) is 13.7. The molecule has 1 aromatic carbocycles. The number of nitrogens with one attached hydrogen (secondary N) is 1. The zero-order valence-corrected chi connectivity index (χ0v) is 9.66. The second kappa shape index (κ2) is 4.03. The Balaban J connectivity index is 2.43. The molecule has 3 rings (SSSR count). The van der Waals surface area contributed by atoms with Crippen molar-refractivity contribution in [3.8, 4) is 0 Å². The lowest BCUT2D eigenvalue weighted by Crippen LogP contribution is -2.31. The predicted octanol–water partition coefficient (Wildman–Crippen LogP) is 1.47. The summed E-state index contributed by atoms with van der Waals surface area (Å²) in [5.74, 6) is 4.42. The summed E-state index contributed by atoms with van der Waals surface area (Å²) < 4.78 is 13.8. The van der Waals surface area contributed by atoms with Crippen molar-refractivity contribution in [3.05, 3.63) is 40.8 Å². The van der Waals surface area contributed by atoms with Crippen molar-refractivity contribution >= 4 is 16.8 Å². The second-order valence-corrected chi connectivity index (χ2v) is 4.38. The number of aromatic nitrogens is 1. The molecule has 1 aliphatic carbocycles. The van der Waals surface area contributed by atoms with Gasteiger partial charge in [-0.2, -0.15) is 0 Å². The SMILES string of the molecule is NNC(=O)c1c2c(nc3c(F)cccc13)CCC2. The number of pyridine rings is 1. The first-order chi connectivity index (χ1) is 8.72. The number of rotatable bonds is 1. The fourth-order valence-corrected chi connectivity index (χ4v) is 2.58. The number of benzene rings is 1. The highest BCUT2D eigenvalue weighted by atomic mass is 19.1. The molecule has 0 radical (unpaired) electrons. The molecule has 1 aromatic heterocycles. The number of nitrogen functional groups attached to an aromatic ring is 1. The van der Waals surface area contributed by atoms with Crippen LogP contribution in [0.2, 0.25) is 0 Å². The van der Waals surface area contributed by atoms with Crippen LogP contribution in [0.3, 0.4) is 0 Å². The smallest absolute Gasteiger partial charge is 0.266 e. The van der Waals surface area contributed by atoms with E-state index in [9.17, 15) is 9.18 Å². The maximum absolute atomic E-state index is 13.8. The van der Waals surface area contributed by atoms with E-state index >= 15 is 0 Å². The molecule has 1 heterocycles. The van der Waals surface area contributed by atoms with Gasteiger partial charge in [-0.1, -0.05) is 12.1 Å². The molecule has 1 aliphatic rings. The lowest BCUT2D eigenvalue weighted by Gasteiger charge is -2.11. The third kappa shape index (κ3) is 1.48. The van der Waals surface area contributed by atoms with Crippen LogP contribution >= 0.6 is 0 Å². The van der Waals surface area contributed by atoms with Crippen molar-refractivity contribution in [1.29, 1.82) is 0 Å². The van der Waals surface area contributed by atoms with Crippen molar-refractivity contribution in [2.45, 2.75) is 19.3 Å². The maximum atomic E-state index is 13.8. The number of nitrogens with two attached hydrogens (primary N) is 1. The van der Waals surface area contributed by atoms with Gasteiger partial charge in [0, 0.05) is 11.1 Å². The molecule has 0 saturated heterocycles. The molecule has 5 heteroatoms. The number of amides is 1. The zero-order valence-electron chi connectivity index (χ0n) is 9.66. The van der Waals surface area contributed by atoms with Crippen LogP contribution < -0.4 is 11.3 Å². The number of para-hydroxylation sites is 1. The van der Waals surface area contributed by atoms with Crippen molar-refractivity contribution in [2.75, 3.05) is 0 Å². The topological polar surface area (TPSA) is 68.0 Å².